The Kier molecular flexibility index (Phi) is 34.3. The van der Waals surface area contributed by atoms with Gasteiger partial charge in [0.15, 0.2) is 62.9 Å². The van der Waals surface area contributed by atoms with Gasteiger partial charge >= 0.3 is 0 Å². The molecule has 0 bridgehead atoms. The van der Waals surface area contributed by atoms with E-state index < -0.39 is 377 Å². The Balaban J connectivity index is 0.954. The maximum absolute atomic E-state index is 13.2. The van der Waals surface area contributed by atoms with E-state index in [2.05, 4.69) is 16.0 Å². The molecule has 0 spiro atoms. The van der Waals surface area contributed by atoms with Crippen molar-refractivity contribution in [3.63, 3.8) is 0 Å². The summed E-state index contributed by atoms with van der Waals surface area (Å²) in [6.07, 6.45) is -95.0. The fourth-order valence-corrected chi connectivity index (χ4v) is 15.4. The summed E-state index contributed by atoms with van der Waals surface area (Å²) >= 11 is 0. The van der Waals surface area contributed by atoms with E-state index in [1.165, 1.54) is 13.8 Å². The maximum atomic E-state index is 13.2. The largest absolute Gasteiger partial charge is 0.394 e. The van der Waals surface area contributed by atoms with Gasteiger partial charge in [0.2, 0.25) is 17.7 Å². The van der Waals surface area contributed by atoms with Crippen molar-refractivity contribution in [1.29, 1.82) is 0 Å². The van der Waals surface area contributed by atoms with Crippen molar-refractivity contribution in [2.24, 2.45) is 0 Å². The Morgan fingerprint density at radius 3 is 0.864 bits per heavy atom. The first-order valence-corrected chi connectivity index (χ1v) is 37.9. The molecule has 10 rings (SSSR count). The van der Waals surface area contributed by atoms with Crippen molar-refractivity contribution < 1.29 is 242 Å². The summed E-state index contributed by atoms with van der Waals surface area (Å²) in [6, 6.07) is -5.97. The zero-order chi connectivity index (χ0) is 86.8. The first-order chi connectivity index (χ1) is 55.8. The molecule has 10 saturated heterocycles. The minimum atomic E-state index is -2.55. The number of carbonyl (C=O) groups excluding carboxylic acids is 3. The molecule has 50 atom stereocenters. The highest BCUT2D eigenvalue weighted by Crippen LogP contribution is 2.41. The lowest BCUT2D eigenvalue weighted by Crippen LogP contribution is -2.71. The highest BCUT2D eigenvalue weighted by molar-refractivity contribution is 5.74. The highest BCUT2D eigenvalue weighted by Gasteiger charge is 2.62. The van der Waals surface area contributed by atoms with Gasteiger partial charge in [0.05, 0.1) is 65.1 Å². The molecule has 0 aliphatic carbocycles. The SMILES string of the molecule is CC(=O)N[C@H]1[C@H](O[C@H]2[C@@H](O)[C@@H](CO)O[C@@H](O[C@H]3[C@H](O)[C@@H](O)[C@H](O)O[C@@H]3CO)[C@@H]2O)O[C@H](CO)[C@@H](O[C@@H]2O[C@H](CO[C@@H]3O[C@H](CO)[C@@H](O[C@@H]4O[C@H](CO)[C@H](O)[C@H](O)[C@H]4O[C@@H]4O[C@@H](C)[C@@H](O)[C@@H](O)[C@@H]4O)[C@H](O)[C@H]3NC(C)=O)[C@H](O)[C@H](O[C@@H]3O[C@H](CO)[C@@H](O[C@@H]4O[C@H](CO)[C@H](O)[C@H](O)[C@H]4O[C@@H]4O[C@@H](C)[C@@H](O)[C@@H](O)[C@@H]4O)[C@H](O)[C@H]3NC(C)=O)[C@H]2O)[C@@H]1O. The fourth-order valence-electron chi connectivity index (χ4n) is 15.4. The summed E-state index contributed by atoms with van der Waals surface area (Å²) in [4.78, 5) is 39.5. The van der Waals surface area contributed by atoms with Crippen LogP contribution in [0.1, 0.15) is 34.6 Å². The van der Waals surface area contributed by atoms with Crippen molar-refractivity contribution in [3.8, 4) is 0 Å². The van der Waals surface area contributed by atoms with Crippen LogP contribution >= 0.6 is 0 Å². The highest BCUT2D eigenvalue weighted by atomic mass is 16.8. The predicted molar refractivity (Wildman–Crippen MR) is 362 cm³/mol. The van der Waals surface area contributed by atoms with Gasteiger partial charge in [-0.05, 0) is 13.8 Å². The van der Waals surface area contributed by atoms with Crippen LogP contribution in [-0.4, -0.2) is 515 Å². The van der Waals surface area contributed by atoms with Crippen LogP contribution in [-0.2, 0) is 104 Å². The van der Waals surface area contributed by atoms with Gasteiger partial charge in [0.25, 0.3) is 0 Å². The monoisotopic (exact) mass is 1730 g/mol. The van der Waals surface area contributed by atoms with E-state index >= 15 is 0 Å². The zero-order valence-corrected chi connectivity index (χ0v) is 63.6. The molecule has 10 aliphatic heterocycles. The van der Waals surface area contributed by atoms with E-state index in [9.17, 15) is 152 Å². The second-order valence-electron chi connectivity index (χ2n) is 30.2. The van der Waals surface area contributed by atoms with Crippen LogP contribution in [0.15, 0.2) is 0 Å². The van der Waals surface area contributed by atoms with Crippen LogP contribution in [0.3, 0.4) is 0 Å². The van der Waals surface area contributed by atoms with Crippen LogP contribution in [0.25, 0.3) is 0 Å². The summed E-state index contributed by atoms with van der Waals surface area (Å²) in [5.74, 6) is -2.94. The van der Waals surface area contributed by atoms with Gasteiger partial charge in [0.1, 0.15) is 232 Å². The molecule has 10 fully saturated rings. The average Bonchev–Trinajstić information content (AvgIpc) is 0.768. The molecule has 0 aromatic carbocycles. The molecular formula is C66H111N3O49. The lowest BCUT2D eigenvalue weighted by Gasteiger charge is -2.51. The summed E-state index contributed by atoms with van der Waals surface area (Å²) in [5, 5.41) is 307. The van der Waals surface area contributed by atoms with Crippen molar-refractivity contribution in [2.45, 2.75) is 341 Å². The van der Waals surface area contributed by atoms with E-state index in [0.29, 0.717) is 0 Å². The van der Waals surface area contributed by atoms with Crippen LogP contribution in [0.4, 0.5) is 0 Å². The number of hydrogen-bond acceptors (Lipinski definition) is 49. The van der Waals surface area contributed by atoms with Crippen LogP contribution in [0.2, 0.25) is 0 Å². The lowest BCUT2D eigenvalue weighted by molar-refractivity contribution is -0.394. The number of hydrogen-bond donors (Lipinski definition) is 30. The Hall–Kier alpha value is -3.43. The number of ether oxygens (including phenoxy) is 19. The van der Waals surface area contributed by atoms with E-state index in [0.717, 1.165) is 20.8 Å². The standard InChI is InChI=1S/C66H111N3O49/c1-14-30(80)39(89)45(95)61(101-14)117-55-41(91)32(82)19(6-70)105-65(55)113-50-23(10-74)107-58(27(36(50)86)67-16(3)77)100-13-26-35(85)54(116-60-29(69-18(5)79)38(88)51(25(12-76)109-60)114-66-56(42(92)33(83)20(7-71)106-66)118-62-46(96)40(90)31(81)15(2)102-62)48(98)64(110-26)111-49-24(11-75)108-59(28(37(49)87)68-17(4)78)115-53-34(84)21(8-72)104-63(47(53)97)112-52-22(9-73)103-57(99)44(94)43(52)93/h14-15,19-66,70-76,80-99H,6-13H2,1-5H3,(H,67,77)(H,68,78)(H,69,79)/t14-,15-,19+,20+,21+,22+,23+,24+,25+,26+,27+,28+,29+,30+,31+,32-,33-,34-,35-,36+,37+,38+,39+,40+,41-,42-,43+,44+,45-,46-,47+,48+,49+,50+,51+,52+,53-,54-,55+,56+,57+,58+,59-,60-,61-,62-,63-,64-,65-,66-/m0/s1. The number of aliphatic hydroxyl groups excluding tert-OH is 27. The second-order valence-corrected chi connectivity index (χ2v) is 30.2. The zero-order valence-electron chi connectivity index (χ0n) is 63.6. The van der Waals surface area contributed by atoms with E-state index in [4.69, 9.17) is 90.0 Å². The average molecular weight is 1730 g/mol. The van der Waals surface area contributed by atoms with Crippen molar-refractivity contribution in [3.05, 3.63) is 0 Å². The van der Waals surface area contributed by atoms with Gasteiger partial charge in [-0.15, -0.1) is 0 Å². The molecule has 0 aromatic rings. The topological polar surface area (TPSA) is 809 Å². The van der Waals surface area contributed by atoms with Crippen molar-refractivity contribution in [1.82, 2.24) is 16.0 Å². The van der Waals surface area contributed by atoms with E-state index in [-0.39, 0.29) is 0 Å². The summed E-state index contributed by atoms with van der Waals surface area (Å²) in [6.45, 7) is -3.58. The number of amides is 3. The second kappa shape index (κ2) is 41.8. The minimum Gasteiger partial charge on any atom is -0.394 e. The molecule has 118 heavy (non-hydrogen) atoms. The quantitative estimate of drug-likeness (QED) is 0.0331. The molecule has 0 unspecified atom stereocenters. The smallest absolute Gasteiger partial charge is 0.217 e. The van der Waals surface area contributed by atoms with E-state index in [1.54, 1.807) is 0 Å². The third-order valence-corrected chi connectivity index (χ3v) is 22.0. The van der Waals surface area contributed by atoms with Crippen LogP contribution in [0.5, 0.6) is 0 Å². The number of rotatable bonds is 29. The van der Waals surface area contributed by atoms with Gasteiger partial charge in [-0.2, -0.15) is 0 Å². The van der Waals surface area contributed by atoms with E-state index in [1.807, 2.05) is 0 Å². The normalized spacial score (nSPS) is 51.1. The van der Waals surface area contributed by atoms with Crippen LogP contribution < -0.4 is 16.0 Å². The Labute approximate surface area is 668 Å². The molecule has 52 nitrogen and oxygen atoms in total. The molecule has 10 heterocycles. The molecule has 0 aromatic heterocycles. The fraction of sp³-hybridized carbons (Fsp3) is 0.955. The Bertz CT molecular complexity index is 3140. The number of aliphatic hydroxyl groups is 27. The molecule has 0 radical (unpaired) electrons. The van der Waals surface area contributed by atoms with Crippen molar-refractivity contribution in [2.75, 3.05) is 52.9 Å². The lowest BCUT2D eigenvalue weighted by atomic mass is 9.93. The molecule has 684 valence electrons. The maximum Gasteiger partial charge on any atom is 0.217 e. The van der Waals surface area contributed by atoms with Gasteiger partial charge in [-0.25, -0.2) is 0 Å². The van der Waals surface area contributed by atoms with Gasteiger partial charge in [0, 0.05) is 20.8 Å². The minimum absolute atomic E-state index is 0.913. The summed E-state index contributed by atoms with van der Waals surface area (Å²) in [7, 11) is 0. The number of nitrogens with one attached hydrogen (secondary N) is 3. The molecular weight excluding hydrogens is 1620 g/mol. The van der Waals surface area contributed by atoms with Crippen LogP contribution in [0, 0.1) is 0 Å². The Morgan fingerprint density at radius 1 is 0.237 bits per heavy atom. The van der Waals surface area contributed by atoms with Gasteiger partial charge in [-0.1, -0.05) is 0 Å². The number of carbonyl (C=O) groups is 3. The molecule has 52 heteroatoms. The molecule has 30 N–H and O–H groups in total. The predicted octanol–water partition coefficient (Wildman–Crippen LogP) is -20.3. The third kappa shape index (κ3) is 20.8. The van der Waals surface area contributed by atoms with Gasteiger partial charge < -0.3 is 244 Å². The molecule has 0 saturated carbocycles. The van der Waals surface area contributed by atoms with Crippen molar-refractivity contribution >= 4 is 17.7 Å². The third-order valence-electron chi connectivity index (χ3n) is 22.0. The summed E-state index contributed by atoms with van der Waals surface area (Å²) in [5.41, 5.74) is 0. The Morgan fingerprint density at radius 2 is 0.500 bits per heavy atom. The molecule has 10 aliphatic rings. The first-order valence-electron chi connectivity index (χ1n) is 37.9. The molecule has 3 amide bonds. The van der Waals surface area contributed by atoms with Gasteiger partial charge in [-0.3, -0.25) is 14.4 Å². The first kappa shape index (κ1) is 96.8. The summed E-state index contributed by atoms with van der Waals surface area (Å²) < 4.78 is 112.